The number of carbonyl (C=O) groups excluding carboxylic acids is 2. The van der Waals surface area contributed by atoms with Crippen LogP contribution >= 0.6 is 0 Å². The van der Waals surface area contributed by atoms with Crippen LogP contribution in [0.15, 0.2) is 60.7 Å². The number of hydrogen-bond acceptors (Lipinski definition) is 5. The highest BCUT2D eigenvalue weighted by molar-refractivity contribution is 6.13. The maximum Gasteiger partial charge on any atom is 0.269 e. The van der Waals surface area contributed by atoms with Crippen molar-refractivity contribution in [1.29, 1.82) is 0 Å². The first-order chi connectivity index (χ1) is 17.7. The summed E-state index contributed by atoms with van der Waals surface area (Å²) in [6.45, 7) is 6.65. The second kappa shape index (κ2) is 8.35. The van der Waals surface area contributed by atoms with E-state index in [1.54, 1.807) is 12.1 Å². The number of non-ortho nitro benzene ring substituents is 1. The molecule has 1 spiro atoms. The van der Waals surface area contributed by atoms with Crippen LogP contribution in [0, 0.1) is 36.8 Å². The number of fused-ring (bicyclic) bond motifs is 4. The Morgan fingerprint density at radius 1 is 1.05 bits per heavy atom. The number of amides is 1. The van der Waals surface area contributed by atoms with Crippen LogP contribution in [-0.2, 0) is 10.3 Å². The average molecular weight is 496 g/mol. The summed E-state index contributed by atoms with van der Waals surface area (Å²) >= 11 is 0. The van der Waals surface area contributed by atoms with E-state index in [0.717, 1.165) is 46.3 Å². The van der Waals surface area contributed by atoms with Crippen LogP contribution in [0.3, 0.4) is 0 Å². The van der Waals surface area contributed by atoms with Gasteiger partial charge in [0.05, 0.1) is 10.8 Å². The Kier molecular flexibility index (Phi) is 5.31. The van der Waals surface area contributed by atoms with Gasteiger partial charge >= 0.3 is 0 Å². The van der Waals surface area contributed by atoms with Crippen LogP contribution in [0.5, 0.6) is 0 Å². The molecule has 3 heterocycles. The molecule has 7 nitrogen and oxygen atoms in total. The number of nitrogens with zero attached hydrogens (tertiary/aromatic N) is 2. The van der Waals surface area contributed by atoms with Crippen molar-refractivity contribution in [1.82, 2.24) is 4.90 Å². The molecule has 2 fully saturated rings. The SMILES string of the molecule is Cc1ccc(C(=O)C2C(c3cccc([N+](=O)[O-])c3)C3CCCN3[C@@]23C(=O)Nc2c(C)cc(C)cc23)cc1. The van der Waals surface area contributed by atoms with Gasteiger partial charge in [0.25, 0.3) is 5.69 Å². The van der Waals surface area contributed by atoms with E-state index in [9.17, 15) is 19.7 Å². The number of anilines is 1. The minimum absolute atomic E-state index is 0.00695. The summed E-state index contributed by atoms with van der Waals surface area (Å²) in [7, 11) is 0. The van der Waals surface area contributed by atoms with E-state index in [2.05, 4.69) is 10.2 Å². The third kappa shape index (κ3) is 3.30. The topological polar surface area (TPSA) is 92.5 Å². The summed E-state index contributed by atoms with van der Waals surface area (Å²) in [5.41, 5.74) is 4.78. The van der Waals surface area contributed by atoms with Crippen molar-refractivity contribution in [3.05, 3.63) is 104 Å². The van der Waals surface area contributed by atoms with E-state index in [0.29, 0.717) is 12.1 Å². The van der Waals surface area contributed by atoms with Crippen molar-refractivity contribution in [2.75, 3.05) is 11.9 Å². The molecule has 6 rings (SSSR count). The van der Waals surface area contributed by atoms with Gasteiger partial charge in [-0.05, 0) is 51.3 Å². The molecule has 1 N–H and O–H groups in total. The fourth-order valence-electron chi connectivity index (χ4n) is 7.13. The van der Waals surface area contributed by atoms with Crippen molar-refractivity contribution in [2.45, 2.75) is 51.1 Å². The number of carbonyl (C=O) groups is 2. The molecule has 3 aliphatic rings. The fourth-order valence-corrected chi connectivity index (χ4v) is 7.13. The Labute approximate surface area is 215 Å². The lowest BCUT2D eigenvalue weighted by atomic mass is 9.68. The van der Waals surface area contributed by atoms with Crippen molar-refractivity contribution < 1.29 is 14.5 Å². The van der Waals surface area contributed by atoms with Gasteiger partial charge < -0.3 is 5.32 Å². The summed E-state index contributed by atoms with van der Waals surface area (Å²) in [6.07, 6.45) is 1.72. The molecule has 3 aromatic rings. The molecule has 37 heavy (non-hydrogen) atoms. The Morgan fingerprint density at radius 2 is 1.81 bits per heavy atom. The zero-order chi connectivity index (χ0) is 26.1. The van der Waals surface area contributed by atoms with E-state index < -0.39 is 16.4 Å². The fraction of sp³-hybridized carbons (Fsp3) is 0.333. The van der Waals surface area contributed by atoms with Gasteiger partial charge in [-0.2, -0.15) is 0 Å². The first kappa shape index (κ1) is 23.6. The molecule has 0 aromatic heterocycles. The third-order valence-electron chi connectivity index (χ3n) is 8.54. The molecular formula is C30H29N3O4. The minimum atomic E-state index is -1.18. The zero-order valence-corrected chi connectivity index (χ0v) is 21.2. The molecule has 3 aromatic carbocycles. The van der Waals surface area contributed by atoms with E-state index in [1.807, 2.05) is 63.2 Å². The van der Waals surface area contributed by atoms with Crippen molar-refractivity contribution in [3.63, 3.8) is 0 Å². The molecule has 3 aliphatic heterocycles. The number of nitro benzene ring substituents is 1. The van der Waals surface area contributed by atoms with Gasteiger partial charge in [-0.15, -0.1) is 0 Å². The first-order valence-electron chi connectivity index (χ1n) is 12.8. The van der Waals surface area contributed by atoms with Crippen molar-refractivity contribution in [2.24, 2.45) is 5.92 Å². The van der Waals surface area contributed by atoms with E-state index >= 15 is 0 Å². The monoisotopic (exact) mass is 495 g/mol. The van der Waals surface area contributed by atoms with Crippen LogP contribution in [0.25, 0.3) is 0 Å². The van der Waals surface area contributed by atoms with Gasteiger partial charge in [0.15, 0.2) is 5.78 Å². The van der Waals surface area contributed by atoms with E-state index in [-0.39, 0.29) is 29.3 Å². The van der Waals surface area contributed by atoms with Crippen LogP contribution in [0.1, 0.15) is 56.9 Å². The molecule has 7 heteroatoms. The quantitative estimate of drug-likeness (QED) is 0.296. The van der Waals surface area contributed by atoms with Crippen LogP contribution in [0.2, 0.25) is 0 Å². The number of nitrogens with one attached hydrogen (secondary N) is 1. The minimum Gasteiger partial charge on any atom is -0.324 e. The highest BCUT2D eigenvalue weighted by Crippen LogP contribution is 2.61. The summed E-state index contributed by atoms with van der Waals surface area (Å²) in [5.74, 6) is -1.38. The molecule has 188 valence electrons. The van der Waals surface area contributed by atoms with Gasteiger partial charge in [0.2, 0.25) is 5.91 Å². The van der Waals surface area contributed by atoms with E-state index in [1.165, 1.54) is 6.07 Å². The summed E-state index contributed by atoms with van der Waals surface area (Å²) in [6, 6.07) is 18.1. The lowest BCUT2D eigenvalue weighted by Crippen LogP contribution is -2.52. The molecule has 0 aliphatic carbocycles. The Bertz CT molecular complexity index is 1460. The van der Waals surface area contributed by atoms with Gasteiger partial charge in [0, 0.05) is 40.9 Å². The predicted molar refractivity (Wildman–Crippen MR) is 141 cm³/mol. The predicted octanol–water partition coefficient (Wildman–Crippen LogP) is 5.43. The largest absolute Gasteiger partial charge is 0.324 e. The number of rotatable bonds is 4. The molecular weight excluding hydrogens is 466 g/mol. The Hall–Kier alpha value is -3.84. The zero-order valence-electron chi connectivity index (χ0n) is 21.2. The number of benzene rings is 3. The maximum atomic E-state index is 14.5. The molecule has 0 radical (unpaired) electrons. The number of aryl methyl sites for hydroxylation is 3. The number of nitro groups is 1. The standard InChI is InChI=1S/C30H29N3O4/c1-17-9-11-20(12-10-17)28(34)26-25(21-6-4-7-22(16-21)33(36)37)24-8-5-13-32(24)30(26)23-15-18(2)14-19(3)27(23)31-29(30)35/h4,6-7,9-12,14-16,24-26H,5,8,13H2,1-3H3,(H,31,35)/t24?,25?,26?,30-/m1/s1. The normalized spacial score (nSPS) is 26.2. The van der Waals surface area contributed by atoms with Crippen LogP contribution in [0.4, 0.5) is 11.4 Å². The number of hydrogen-bond donors (Lipinski definition) is 1. The van der Waals surface area contributed by atoms with Crippen molar-refractivity contribution >= 4 is 23.1 Å². The second-order valence-corrected chi connectivity index (χ2v) is 10.7. The third-order valence-corrected chi connectivity index (χ3v) is 8.54. The molecule has 3 unspecified atom stereocenters. The smallest absolute Gasteiger partial charge is 0.269 e. The number of Topliss-reactive ketones (excluding diaryl/α,β-unsaturated/α-hetero) is 1. The summed E-state index contributed by atoms with van der Waals surface area (Å²) in [5, 5.41) is 14.8. The average Bonchev–Trinajstić information content (AvgIpc) is 3.53. The first-order valence-corrected chi connectivity index (χ1v) is 12.8. The van der Waals surface area contributed by atoms with Gasteiger partial charge in [-0.3, -0.25) is 24.6 Å². The highest BCUT2D eigenvalue weighted by atomic mass is 16.6. The highest BCUT2D eigenvalue weighted by Gasteiger charge is 2.69. The lowest BCUT2D eigenvalue weighted by molar-refractivity contribution is -0.384. The lowest BCUT2D eigenvalue weighted by Gasteiger charge is -2.37. The summed E-state index contributed by atoms with van der Waals surface area (Å²) < 4.78 is 0. The van der Waals surface area contributed by atoms with Gasteiger partial charge in [-0.1, -0.05) is 59.7 Å². The van der Waals surface area contributed by atoms with Gasteiger partial charge in [0.1, 0.15) is 5.54 Å². The molecule has 4 atom stereocenters. The van der Waals surface area contributed by atoms with Crippen molar-refractivity contribution in [3.8, 4) is 0 Å². The Balaban J connectivity index is 1.64. The van der Waals surface area contributed by atoms with Crippen LogP contribution in [-0.4, -0.2) is 34.1 Å². The number of ketones is 1. The molecule has 0 saturated carbocycles. The molecule has 0 bridgehead atoms. The second-order valence-electron chi connectivity index (χ2n) is 10.7. The molecule has 1 amide bonds. The van der Waals surface area contributed by atoms with Crippen LogP contribution < -0.4 is 5.32 Å². The molecule has 2 saturated heterocycles. The van der Waals surface area contributed by atoms with E-state index in [4.69, 9.17) is 0 Å². The summed E-state index contributed by atoms with van der Waals surface area (Å²) in [4.78, 5) is 42.2. The van der Waals surface area contributed by atoms with Gasteiger partial charge in [-0.25, -0.2) is 0 Å². The maximum absolute atomic E-state index is 14.5. The Morgan fingerprint density at radius 3 is 2.54 bits per heavy atom.